The Hall–Kier alpha value is -6.24. The highest BCUT2D eigenvalue weighted by molar-refractivity contribution is 5.95. The summed E-state index contributed by atoms with van der Waals surface area (Å²) < 4.78 is 17.4. The first-order valence-corrected chi connectivity index (χ1v) is 22.2. The van der Waals surface area contributed by atoms with Crippen molar-refractivity contribution in [3.63, 3.8) is 0 Å². The number of fused-ring (bicyclic) bond motifs is 7. The highest BCUT2D eigenvalue weighted by Gasteiger charge is 2.61. The van der Waals surface area contributed by atoms with Crippen molar-refractivity contribution in [3.8, 4) is 34.3 Å². The van der Waals surface area contributed by atoms with Gasteiger partial charge >= 0.3 is 5.97 Å². The number of carbonyl (C=O) groups excluding carboxylic acids is 1. The quantitative estimate of drug-likeness (QED) is 0.0358. The number of nitrogens with one attached hydrogen (secondary N) is 1. The molecule has 1 aromatic heterocycles. The van der Waals surface area contributed by atoms with Gasteiger partial charge in [-0.25, -0.2) is 4.79 Å². The number of nitrogens with zero attached hydrogens (tertiary/aromatic N) is 1. The maximum Gasteiger partial charge on any atom is 0.335 e. The first kappa shape index (κ1) is 44.9. The third-order valence-electron chi connectivity index (χ3n) is 15.0. The number of phenolic OH excluding ortho intramolecular Hbond substituents is 3. The Morgan fingerprint density at radius 2 is 1.79 bits per heavy atom. The van der Waals surface area contributed by atoms with E-state index in [-0.39, 0.29) is 40.9 Å². The van der Waals surface area contributed by atoms with E-state index in [0.717, 1.165) is 60.8 Å². The summed E-state index contributed by atoms with van der Waals surface area (Å²) in [7, 11) is 1.91. The molecule has 66 heavy (non-hydrogen) atoms. The minimum atomic E-state index is -2.76. The maximum atomic E-state index is 14.0. The highest BCUT2D eigenvalue weighted by atomic mass is 16.7. The van der Waals surface area contributed by atoms with E-state index in [1.54, 1.807) is 12.1 Å². The Labute approximate surface area is 378 Å². The van der Waals surface area contributed by atoms with Gasteiger partial charge in [0.15, 0.2) is 29.0 Å². The van der Waals surface area contributed by atoms with Gasteiger partial charge in [0.2, 0.25) is 12.0 Å². The number of aldehydes is 1. The van der Waals surface area contributed by atoms with Gasteiger partial charge in [-0.3, -0.25) is 9.79 Å². The molecule has 2 bridgehead atoms. The average Bonchev–Trinajstić information content (AvgIpc) is 3.29. The van der Waals surface area contributed by atoms with Crippen LogP contribution in [-0.4, -0.2) is 104 Å². The number of hydrogen-bond acceptors (Lipinski definition) is 14. The van der Waals surface area contributed by atoms with Crippen molar-refractivity contribution in [1.82, 2.24) is 5.32 Å². The lowest BCUT2D eigenvalue weighted by molar-refractivity contribution is -0.303. The van der Waals surface area contributed by atoms with Crippen LogP contribution in [0.15, 0.2) is 81.0 Å². The average molecular weight is 907 g/mol. The lowest BCUT2D eigenvalue weighted by atomic mass is 9.44. The van der Waals surface area contributed by atoms with Crippen molar-refractivity contribution in [1.29, 1.82) is 0 Å². The van der Waals surface area contributed by atoms with Crippen molar-refractivity contribution < 1.29 is 59.2 Å². The van der Waals surface area contributed by atoms with Crippen molar-refractivity contribution in [3.05, 3.63) is 93.7 Å². The lowest BCUT2D eigenvalue weighted by Crippen LogP contribution is -2.70. The van der Waals surface area contributed by atoms with E-state index in [4.69, 9.17) is 25.4 Å². The van der Waals surface area contributed by atoms with E-state index >= 15 is 0 Å². The van der Waals surface area contributed by atoms with Crippen LogP contribution in [0.25, 0.3) is 33.9 Å². The van der Waals surface area contributed by atoms with Gasteiger partial charge in [-0.2, -0.15) is 0 Å². The molecule has 17 nitrogen and oxygen atoms in total. The number of hydrogen-bond donors (Lipinski definition) is 10. The number of phenols is 3. The number of aliphatic hydroxyl groups is 3. The van der Waals surface area contributed by atoms with Gasteiger partial charge in [-0.1, -0.05) is 49.4 Å². The molecule has 2 heterocycles. The predicted octanol–water partition coefficient (Wildman–Crippen LogP) is 3.55. The second kappa shape index (κ2) is 16.9. The third-order valence-corrected chi connectivity index (χ3v) is 15.0. The number of nitrogens with two attached hydrogens (primary N) is 2. The minimum Gasteiger partial charge on any atom is -0.508 e. The fourth-order valence-corrected chi connectivity index (χ4v) is 12.0. The zero-order valence-corrected chi connectivity index (χ0v) is 36.3. The second-order valence-electron chi connectivity index (χ2n) is 18.8. The van der Waals surface area contributed by atoms with E-state index in [1.165, 1.54) is 6.07 Å². The summed E-state index contributed by atoms with van der Waals surface area (Å²) in [5.74, 6) is -3.93. The van der Waals surface area contributed by atoms with Gasteiger partial charge in [0, 0.05) is 35.1 Å². The Bertz CT molecular complexity index is 2750. The maximum absolute atomic E-state index is 14.0. The summed E-state index contributed by atoms with van der Waals surface area (Å²) in [6.45, 7) is 1.40. The van der Waals surface area contributed by atoms with Crippen molar-refractivity contribution >= 4 is 40.8 Å². The SMILES string of the molecule is CN[C@@H]1C[C@H]([C@@H]2C=CC[C@@H](C)C2)[C@H]2C[C@H]3c4ccccc4C=C(c4cc(O)ccc4-c4cc(=O)c5c(O)c(O)c(O[C@@H]6O[C@H](C(=O)O)[C@@H](O)[C@@](O)(CN=C(N)N)[C@H]6O)cc5o4)[C@@H]3[C@]1(C=O)C2. The van der Waals surface area contributed by atoms with Crippen LogP contribution in [0.2, 0.25) is 0 Å². The molecule has 4 aromatic rings. The molecular weight excluding hydrogens is 853 g/mol. The van der Waals surface area contributed by atoms with Gasteiger partial charge in [0.05, 0.1) is 6.54 Å². The summed E-state index contributed by atoms with van der Waals surface area (Å²) in [5.41, 5.74) is 9.78. The third kappa shape index (κ3) is 7.29. The summed E-state index contributed by atoms with van der Waals surface area (Å²) in [6.07, 6.45) is 3.49. The number of aliphatic hydroxyl groups excluding tert-OH is 2. The molecule has 348 valence electrons. The van der Waals surface area contributed by atoms with Crippen LogP contribution < -0.4 is 26.9 Å². The molecule has 0 spiro atoms. The second-order valence-corrected chi connectivity index (χ2v) is 18.8. The van der Waals surface area contributed by atoms with Crippen LogP contribution in [0, 0.1) is 35.0 Å². The Balaban J connectivity index is 1.15. The van der Waals surface area contributed by atoms with Gasteiger partial charge in [-0.05, 0) is 109 Å². The van der Waals surface area contributed by atoms with Crippen LogP contribution in [0.1, 0.15) is 61.6 Å². The molecule has 0 radical (unpaired) electrons. The van der Waals surface area contributed by atoms with Gasteiger partial charge in [0.25, 0.3) is 0 Å². The van der Waals surface area contributed by atoms with E-state index in [1.807, 2.05) is 31.3 Å². The van der Waals surface area contributed by atoms with E-state index in [9.17, 15) is 50.1 Å². The molecule has 3 fully saturated rings. The van der Waals surface area contributed by atoms with Crippen LogP contribution in [0.3, 0.4) is 0 Å². The summed E-state index contributed by atoms with van der Waals surface area (Å²) in [6, 6.07) is 14.7. The van der Waals surface area contributed by atoms with Crippen molar-refractivity contribution in [2.24, 2.45) is 51.5 Å². The summed E-state index contributed by atoms with van der Waals surface area (Å²) in [5, 5.41) is 79.7. The van der Waals surface area contributed by atoms with Crippen LogP contribution in [-0.2, 0) is 14.3 Å². The minimum absolute atomic E-state index is 0.0228. The normalized spacial score (nSPS) is 33.5. The number of aliphatic carboxylic acids is 1. The van der Waals surface area contributed by atoms with Crippen molar-refractivity contribution in [2.45, 2.75) is 81.2 Å². The predicted molar refractivity (Wildman–Crippen MR) is 241 cm³/mol. The zero-order valence-electron chi connectivity index (χ0n) is 36.3. The molecule has 0 unspecified atom stereocenters. The standard InChI is InChI=1S/C49H54N4O13/c1-22-6-5-8-23(12-22)29-16-37(52-2)48(21-54)19-25(29)14-31-27-9-4-3-7-24(27)13-32(39(31)48)30-15-26(55)10-11-28(30)34-17-33(56)38-35(64-34)18-36(40(57)41(38)58)65-46-44(60)49(63,20-53-47(50)51)43(59)42(66-46)45(61)62/h3-5,7-11,13,15,17-18,21-23,25,29,31,37,39,42-44,46,52,55,57-60,63H,6,12,14,16,19-20H2,1-2H3,(H,61,62)(H4,50,51,53)/t22-,23-,25+,29-,31+,37-,39-,42+,43-,44+,46-,48+,49+/m1/s1. The number of carbonyl (C=O) groups is 2. The fourth-order valence-electron chi connectivity index (χ4n) is 12.0. The molecule has 17 heteroatoms. The number of carboxylic acids is 1. The smallest absolute Gasteiger partial charge is 0.335 e. The molecule has 1 aliphatic heterocycles. The fraction of sp³-hybridized carbons (Fsp3) is 0.429. The molecule has 13 atom stereocenters. The first-order chi connectivity index (χ1) is 31.5. The van der Waals surface area contributed by atoms with Crippen LogP contribution >= 0.6 is 0 Å². The van der Waals surface area contributed by atoms with Gasteiger partial charge in [0.1, 0.15) is 46.6 Å². The number of aromatic hydroxyl groups is 3. The lowest BCUT2D eigenvalue weighted by Gasteiger charge is -2.60. The van der Waals surface area contributed by atoms with Gasteiger partial charge < -0.3 is 71.2 Å². The number of ether oxygens (including phenoxy) is 2. The monoisotopic (exact) mass is 906 g/mol. The number of allylic oxidation sites excluding steroid dienone is 3. The number of benzene rings is 3. The first-order valence-electron chi connectivity index (χ1n) is 22.2. The molecule has 9 rings (SSSR count). The Kier molecular flexibility index (Phi) is 11.5. The molecule has 0 amide bonds. The molecule has 2 saturated carbocycles. The number of carboxylic acid groups (broad SMARTS) is 1. The molecular formula is C49H54N4O13. The van der Waals surface area contributed by atoms with Gasteiger partial charge in [-0.15, -0.1) is 0 Å². The number of rotatable bonds is 10. The molecule has 12 N–H and O–H groups in total. The van der Waals surface area contributed by atoms with E-state index < -0.39 is 82.2 Å². The van der Waals surface area contributed by atoms with E-state index in [2.05, 4.69) is 35.5 Å². The number of guanidine groups is 1. The van der Waals surface area contributed by atoms with E-state index in [0.29, 0.717) is 35.3 Å². The van der Waals surface area contributed by atoms with Crippen LogP contribution in [0.4, 0.5) is 0 Å². The molecule has 3 aromatic carbocycles. The van der Waals surface area contributed by atoms with Crippen molar-refractivity contribution in [2.75, 3.05) is 13.6 Å². The number of aliphatic imine (C=N–C) groups is 1. The molecule has 4 aliphatic carbocycles. The van der Waals surface area contributed by atoms with Crippen LogP contribution in [0.5, 0.6) is 23.0 Å². The zero-order chi connectivity index (χ0) is 47.0. The Morgan fingerprint density at radius 1 is 1.02 bits per heavy atom. The molecule has 1 saturated heterocycles. The molecule has 5 aliphatic rings. The Morgan fingerprint density at radius 3 is 2.50 bits per heavy atom. The highest BCUT2D eigenvalue weighted by Crippen LogP contribution is 2.65. The largest absolute Gasteiger partial charge is 0.508 e. The summed E-state index contributed by atoms with van der Waals surface area (Å²) in [4.78, 5) is 43.8. The summed E-state index contributed by atoms with van der Waals surface area (Å²) >= 11 is 0. The topological polar surface area (TPSA) is 301 Å².